The van der Waals surface area contributed by atoms with Gasteiger partial charge in [0, 0.05) is 0 Å². The first-order valence-corrected chi connectivity index (χ1v) is 4.85. The van der Waals surface area contributed by atoms with Crippen LogP contribution >= 0.6 is 0 Å². The molecule has 5 nitrogen and oxygen atoms in total. The number of aryl methyl sites for hydroxylation is 1. The molecule has 5 heteroatoms. The first-order valence-electron chi connectivity index (χ1n) is 4.85. The number of nitrogens with one attached hydrogen (secondary N) is 1. The first kappa shape index (κ1) is 10.5. The molecule has 0 unspecified atom stereocenters. The van der Waals surface area contributed by atoms with Crippen molar-refractivity contribution in [1.29, 1.82) is 0 Å². The molecule has 84 valence electrons. The number of para-hydroxylation sites is 1. The average molecular weight is 220 g/mol. The van der Waals surface area contributed by atoms with Gasteiger partial charge in [-0.1, -0.05) is 12.1 Å². The lowest BCUT2D eigenvalue weighted by Gasteiger charge is -2.32. The number of hydrogen-bond acceptors (Lipinski definition) is 3. The SMILES string of the molecule is Cc1cccc2c1NC(=O)[C@@](C)(C(N)=O)O2. The van der Waals surface area contributed by atoms with Crippen molar-refractivity contribution in [3.05, 3.63) is 23.8 Å². The second-order valence-corrected chi connectivity index (χ2v) is 3.90. The van der Waals surface area contributed by atoms with Gasteiger partial charge in [0.1, 0.15) is 5.75 Å². The molecule has 2 amide bonds. The predicted octanol–water partition coefficient (Wildman–Crippen LogP) is 0.570. The zero-order chi connectivity index (χ0) is 11.9. The second-order valence-electron chi connectivity index (χ2n) is 3.90. The standard InChI is InChI=1S/C11H12N2O3/c1-6-4-3-5-7-8(6)13-10(15)11(2,16-7)9(12)14/h3-5H,1-2H3,(H2,12,14)(H,13,15)/t11-/m1/s1. The molecule has 1 aromatic carbocycles. The number of anilines is 1. The zero-order valence-electron chi connectivity index (χ0n) is 9.03. The van der Waals surface area contributed by atoms with E-state index in [1.54, 1.807) is 12.1 Å². The van der Waals surface area contributed by atoms with Crippen molar-refractivity contribution in [2.75, 3.05) is 5.32 Å². The lowest BCUT2D eigenvalue weighted by atomic mass is 10.0. The van der Waals surface area contributed by atoms with Crippen LogP contribution in [0.5, 0.6) is 5.75 Å². The van der Waals surface area contributed by atoms with Gasteiger partial charge in [0.15, 0.2) is 0 Å². The number of amides is 2. The minimum absolute atomic E-state index is 0.459. The van der Waals surface area contributed by atoms with Crippen molar-refractivity contribution in [2.45, 2.75) is 19.4 Å². The molecule has 1 heterocycles. The number of nitrogens with two attached hydrogens (primary N) is 1. The largest absolute Gasteiger partial charge is 0.466 e. The number of primary amides is 1. The molecule has 1 aliphatic heterocycles. The van der Waals surface area contributed by atoms with Crippen molar-refractivity contribution in [1.82, 2.24) is 0 Å². The predicted molar refractivity (Wildman–Crippen MR) is 58.0 cm³/mol. The zero-order valence-corrected chi connectivity index (χ0v) is 9.03. The summed E-state index contributed by atoms with van der Waals surface area (Å²) in [5, 5.41) is 2.64. The average Bonchev–Trinajstić information content (AvgIpc) is 2.21. The summed E-state index contributed by atoms with van der Waals surface area (Å²) in [6.07, 6.45) is 0. The molecule has 0 aromatic heterocycles. The molecule has 0 saturated heterocycles. The Morgan fingerprint density at radius 1 is 1.50 bits per heavy atom. The van der Waals surface area contributed by atoms with Crippen LogP contribution in [-0.2, 0) is 9.59 Å². The smallest absolute Gasteiger partial charge is 0.278 e. The quantitative estimate of drug-likeness (QED) is 0.679. The van der Waals surface area contributed by atoms with E-state index < -0.39 is 17.4 Å². The highest BCUT2D eigenvalue weighted by molar-refractivity contribution is 6.15. The number of rotatable bonds is 1. The van der Waals surface area contributed by atoms with E-state index in [2.05, 4.69) is 5.32 Å². The topological polar surface area (TPSA) is 81.4 Å². The number of fused-ring (bicyclic) bond motifs is 1. The second kappa shape index (κ2) is 3.23. The summed E-state index contributed by atoms with van der Waals surface area (Å²) in [7, 11) is 0. The fraction of sp³-hybridized carbons (Fsp3) is 0.273. The number of carbonyl (C=O) groups is 2. The van der Waals surface area contributed by atoms with E-state index >= 15 is 0 Å². The van der Waals surface area contributed by atoms with Crippen LogP contribution in [-0.4, -0.2) is 17.4 Å². The number of hydrogen-bond donors (Lipinski definition) is 2. The third kappa shape index (κ3) is 1.32. The summed E-state index contributed by atoms with van der Waals surface area (Å²) < 4.78 is 5.39. The summed E-state index contributed by atoms with van der Waals surface area (Å²) in [6.45, 7) is 3.20. The Morgan fingerprint density at radius 3 is 2.81 bits per heavy atom. The number of ether oxygens (including phenoxy) is 1. The minimum atomic E-state index is -1.64. The van der Waals surface area contributed by atoms with E-state index in [0.717, 1.165) is 5.56 Å². The van der Waals surface area contributed by atoms with E-state index in [1.807, 2.05) is 13.0 Å². The molecule has 0 aliphatic carbocycles. The van der Waals surface area contributed by atoms with Crippen LogP contribution in [0.15, 0.2) is 18.2 Å². The summed E-state index contributed by atoms with van der Waals surface area (Å²) in [5.41, 5.74) is 4.99. The van der Waals surface area contributed by atoms with E-state index in [1.165, 1.54) is 6.92 Å². The number of benzene rings is 1. The Labute approximate surface area is 92.6 Å². The van der Waals surface area contributed by atoms with Crippen molar-refractivity contribution in [2.24, 2.45) is 5.73 Å². The van der Waals surface area contributed by atoms with Gasteiger partial charge in [-0.15, -0.1) is 0 Å². The van der Waals surface area contributed by atoms with Gasteiger partial charge in [0.25, 0.3) is 17.4 Å². The van der Waals surface area contributed by atoms with E-state index in [0.29, 0.717) is 11.4 Å². The van der Waals surface area contributed by atoms with Gasteiger partial charge in [0.2, 0.25) is 0 Å². The summed E-state index contributed by atoms with van der Waals surface area (Å²) in [4.78, 5) is 23.0. The molecule has 0 bridgehead atoms. The monoisotopic (exact) mass is 220 g/mol. The van der Waals surface area contributed by atoms with Gasteiger partial charge >= 0.3 is 0 Å². The van der Waals surface area contributed by atoms with Gasteiger partial charge in [-0.25, -0.2) is 0 Å². The Hall–Kier alpha value is -2.04. The van der Waals surface area contributed by atoms with E-state index in [-0.39, 0.29) is 0 Å². The van der Waals surface area contributed by atoms with Crippen LogP contribution < -0.4 is 15.8 Å². The van der Waals surface area contributed by atoms with Crippen LogP contribution in [0.4, 0.5) is 5.69 Å². The molecule has 1 atom stereocenters. The molecular formula is C11H12N2O3. The van der Waals surface area contributed by atoms with Crippen molar-refractivity contribution in [3.8, 4) is 5.75 Å². The molecule has 2 rings (SSSR count). The minimum Gasteiger partial charge on any atom is -0.466 e. The summed E-state index contributed by atoms with van der Waals surface area (Å²) in [6, 6.07) is 5.31. The van der Waals surface area contributed by atoms with Gasteiger partial charge in [-0.05, 0) is 25.5 Å². The third-order valence-corrected chi connectivity index (χ3v) is 2.69. The van der Waals surface area contributed by atoms with Crippen LogP contribution in [0.1, 0.15) is 12.5 Å². The molecule has 16 heavy (non-hydrogen) atoms. The maximum atomic E-state index is 11.7. The van der Waals surface area contributed by atoms with Gasteiger partial charge in [0.05, 0.1) is 5.69 Å². The van der Waals surface area contributed by atoms with Crippen LogP contribution in [0, 0.1) is 6.92 Å². The molecule has 1 aromatic rings. The summed E-state index contributed by atoms with van der Waals surface area (Å²) in [5.74, 6) is -0.889. The number of carbonyl (C=O) groups excluding carboxylic acids is 2. The van der Waals surface area contributed by atoms with E-state index in [4.69, 9.17) is 10.5 Å². The lowest BCUT2D eigenvalue weighted by Crippen LogP contribution is -2.57. The van der Waals surface area contributed by atoms with Crippen molar-refractivity contribution < 1.29 is 14.3 Å². The lowest BCUT2D eigenvalue weighted by molar-refractivity contribution is -0.144. The Bertz CT molecular complexity index is 484. The fourth-order valence-electron chi connectivity index (χ4n) is 1.55. The molecule has 0 spiro atoms. The van der Waals surface area contributed by atoms with Crippen LogP contribution in [0.3, 0.4) is 0 Å². The van der Waals surface area contributed by atoms with Gasteiger partial charge in [-0.2, -0.15) is 0 Å². The van der Waals surface area contributed by atoms with Crippen LogP contribution in [0.25, 0.3) is 0 Å². The molecule has 3 N–H and O–H groups in total. The van der Waals surface area contributed by atoms with E-state index in [9.17, 15) is 9.59 Å². The first-order chi connectivity index (χ1) is 7.45. The Morgan fingerprint density at radius 2 is 2.19 bits per heavy atom. The van der Waals surface area contributed by atoms with Crippen molar-refractivity contribution >= 4 is 17.5 Å². The van der Waals surface area contributed by atoms with Crippen molar-refractivity contribution in [3.63, 3.8) is 0 Å². The van der Waals surface area contributed by atoms with Gasteiger partial charge < -0.3 is 15.8 Å². The highest BCUT2D eigenvalue weighted by Gasteiger charge is 2.46. The fourth-order valence-corrected chi connectivity index (χ4v) is 1.55. The highest BCUT2D eigenvalue weighted by atomic mass is 16.5. The third-order valence-electron chi connectivity index (χ3n) is 2.69. The van der Waals surface area contributed by atoms with Gasteiger partial charge in [-0.3, -0.25) is 9.59 Å². The normalized spacial score (nSPS) is 23.0. The Balaban J connectivity index is 2.51. The molecular weight excluding hydrogens is 208 g/mol. The molecule has 0 saturated carbocycles. The molecule has 0 radical (unpaired) electrons. The maximum Gasteiger partial charge on any atom is 0.278 e. The maximum absolute atomic E-state index is 11.7. The molecule has 0 fully saturated rings. The molecule has 1 aliphatic rings. The Kier molecular flexibility index (Phi) is 2.11. The highest BCUT2D eigenvalue weighted by Crippen LogP contribution is 2.35. The summed E-state index contributed by atoms with van der Waals surface area (Å²) >= 11 is 0. The van der Waals surface area contributed by atoms with Crippen LogP contribution in [0.2, 0.25) is 0 Å².